The van der Waals surface area contributed by atoms with Crippen molar-refractivity contribution in [2.75, 3.05) is 17.2 Å². The van der Waals surface area contributed by atoms with Crippen LogP contribution in [0, 0.1) is 0 Å². The maximum Gasteiger partial charge on any atom is 0.408 e. The van der Waals surface area contributed by atoms with Gasteiger partial charge in [-0.15, -0.1) is 0 Å². The third-order valence-electron chi connectivity index (χ3n) is 5.49. The number of carbonyl (C=O) groups is 3. The van der Waals surface area contributed by atoms with Crippen LogP contribution in [0.2, 0.25) is 0 Å². The number of fused-ring (bicyclic) bond motifs is 1. The van der Waals surface area contributed by atoms with Crippen molar-refractivity contribution in [2.24, 2.45) is 0 Å². The van der Waals surface area contributed by atoms with E-state index in [9.17, 15) is 14.4 Å². The lowest BCUT2D eigenvalue weighted by Crippen LogP contribution is -2.39. The number of ether oxygens (including phenoxy) is 1. The van der Waals surface area contributed by atoms with Crippen LogP contribution in [0.4, 0.5) is 16.2 Å². The van der Waals surface area contributed by atoms with Crippen molar-refractivity contribution in [3.05, 3.63) is 95.6 Å². The molecule has 0 atom stereocenters. The van der Waals surface area contributed by atoms with Gasteiger partial charge in [0.1, 0.15) is 12.1 Å². The average Bonchev–Trinajstić information content (AvgIpc) is 3.20. The summed E-state index contributed by atoms with van der Waals surface area (Å²) in [6.07, 6.45) is -0.639. The summed E-state index contributed by atoms with van der Waals surface area (Å²) in [5, 5.41) is 11.6. The first-order valence-corrected chi connectivity index (χ1v) is 12.0. The average molecular weight is 499 g/mol. The summed E-state index contributed by atoms with van der Waals surface area (Å²) in [7, 11) is 0. The van der Waals surface area contributed by atoms with E-state index in [0.717, 1.165) is 28.1 Å². The molecule has 4 rings (SSSR count). The maximum absolute atomic E-state index is 12.9. The molecule has 0 fully saturated rings. The molecule has 1 aliphatic rings. The standard InChI is InChI=1S/C29H30N4O4/c1-29(2,3)37-28(36)31-18-24(34)30-17-19-13-15-21(16-14-19)32-26(20-9-5-4-6-10-20)25-22-11-7-8-12-23(22)33-27(25)35/h4-16,32H,17-18H2,1-3H3,(H,30,34)(H,31,36)(H,33,35)/b26-25-. The topological polar surface area (TPSA) is 109 Å². The van der Waals surface area contributed by atoms with Gasteiger partial charge in [-0.25, -0.2) is 4.79 Å². The molecule has 8 nitrogen and oxygen atoms in total. The van der Waals surface area contributed by atoms with Gasteiger partial charge in [0.2, 0.25) is 5.91 Å². The highest BCUT2D eigenvalue weighted by Gasteiger charge is 2.28. The Balaban J connectivity index is 1.44. The van der Waals surface area contributed by atoms with Gasteiger partial charge in [0, 0.05) is 23.5 Å². The van der Waals surface area contributed by atoms with Gasteiger partial charge in [-0.2, -0.15) is 0 Å². The van der Waals surface area contributed by atoms with Gasteiger partial charge in [0.25, 0.3) is 5.91 Å². The molecule has 0 radical (unpaired) electrons. The highest BCUT2D eigenvalue weighted by Crippen LogP contribution is 2.37. The Morgan fingerprint density at radius 1 is 0.865 bits per heavy atom. The third-order valence-corrected chi connectivity index (χ3v) is 5.49. The van der Waals surface area contributed by atoms with E-state index >= 15 is 0 Å². The first-order chi connectivity index (χ1) is 17.7. The number of nitrogens with one attached hydrogen (secondary N) is 4. The van der Waals surface area contributed by atoms with E-state index in [4.69, 9.17) is 4.74 Å². The van der Waals surface area contributed by atoms with E-state index in [-0.39, 0.29) is 18.4 Å². The minimum Gasteiger partial charge on any atom is -0.444 e. The molecule has 4 N–H and O–H groups in total. The van der Waals surface area contributed by atoms with Gasteiger partial charge >= 0.3 is 6.09 Å². The van der Waals surface area contributed by atoms with Crippen LogP contribution in [0.1, 0.15) is 37.5 Å². The zero-order chi connectivity index (χ0) is 26.4. The number of rotatable bonds is 7. The van der Waals surface area contributed by atoms with Crippen LogP contribution in [-0.4, -0.2) is 30.1 Å². The number of alkyl carbamates (subject to hydrolysis) is 1. The molecule has 3 amide bonds. The van der Waals surface area contributed by atoms with Crippen LogP contribution < -0.4 is 21.3 Å². The highest BCUT2D eigenvalue weighted by molar-refractivity contribution is 6.37. The minimum absolute atomic E-state index is 0.160. The van der Waals surface area contributed by atoms with Crippen LogP contribution in [0.5, 0.6) is 0 Å². The highest BCUT2D eigenvalue weighted by atomic mass is 16.6. The zero-order valence-corrected chi connectivity index (χ0v) is 21.1. The fourth-order valence-electron chi connectivity index (χ4n) is 3.83. The van der Waals surface area contributed by atoms with E-state index in [2.05, 4.69) is 21.3 Å². The summed E-state index contributed by atoms with van der Waals surface area (Å²) in [6, 6.07) is 24.9. The van der Waals surface area contributed by atoms with E-state index < -0.39 is 11.7 Å². The van der Waals surface area contributed by atoms with Gasteiger partial charge in [0.15, 0.2) is 0 Å². The Labute approximate surface area is 216 Å². The first-order valence-electron chi connectivity index (χ1n) is 12.0. The molecule has 0 unspecified atom stereocenters. The Bertz CT molecular complexity index is 1330. The Morgan fingerprint density at radius 2 is 1.54 bits per heavy atom. The van der Waals surface area contributed by atoms with E-state index in [1.54, 1.807) is 20.8 Å². The Morgan fingerprint density at radius 3 is 2.24 bits per heavy atom. The zero-order valence-electron chi connectivity index (χ0n) is 21.1. The van der Waals surface area contributed by atoms with Crippen LogP contribution in [0.25, 0.3) is 11.3 Å². The molecule has 0 bridgehead atoms. The first kappa shape index (κ1) is 25.5. The molecule has 0 saturated carbocycles. The van der Waals surface area contributed by atoms with Crippen LogP contribution in [-0.2, 0) is 20.9 Å². The third kappa shape index (κ3) is 6.76. The predicted molar refractivity (Wildman–Crippen MR) is 144 cm³/mol. The summed E-state index contributed by atoms with van der Waals surface area (Å²) < 4.78 is 5.12. The van der Waals surface area contributed by atoms with Crippen molar-refractivity contribution in [3.63, 3.8) is 0 Å². The predicted octanol–water partition coefficient (Wildman–Crippen LogP) is 4.76. The lowest BCUT2D eigenvalue weighted by Gasteiger charge is -2.19. The van der Waals surface area contributed by atoms with Gasteiger partial charge in [-0.05, 0) is 50.1 Å². The van der Waals surface area contributed by atoms with Crippen molar-refractivity contribution in [2.45, 2.75) is 32.9 Å². The molecular formula is C29H30N4O4. The van der Waals surface area contributed by atoms with Gasteiger partial charge in [-0.3, -0.25) is 9.59 Å². The number of benzene rings is 3. The molecule has 8 heteroatoms. The fraction of sp³-hybridized carbons (Fsp3) is 0.207. The Hall–Kier alpha value is -4.59. The fourth-order valence-corrected chi connectivity index (χ4v) is 3.83. The normalized spacial score (nSPS) is 13.8. The van der Waals surface area contributed by atoms with Crippen molar-refractivity contribution in [1.82, 2.24) is 10.6 Å². The second-order valence-electron chi connectivity index (χ2n) is 9.57. The molecule has 0 spiro atoms. The summed E-state index contributed by atoms with van der Waals surface area (Å²) in [6.45, 7) is 5.40. The smallest absolute Gasteiger partial charge is 0.408 e. The monoisotopic (exact) mass is 498 g/mol. The molecule has 0 saturated heterocycles. The number of hydrogen-bond acceptors (Lipinski definition) is 5. The van der Waals surface area contributed by atoms with E-state index in [0.29, 0.717) is 17.8 Å². The van der Waals surface area contributed by atoms with Gasteiger partial charge < -0.3 is 26.0 Å². The van der Waals surface area contributed by atoms with E-state index in [1.807, 2.05) is 78.9 Å². The maximum atomic E-state index is 12.9. The molecule has 37 heavy (non-hydrogen) atoms. The van der Waals surface area contributed by atoms with Crippen molar-refractivity contribution < 1.29 is 19.1 Å². The molecule has 3 aromatic carbocycles. The number of para-hydroxylation sites is 1. The second-order valence-corrected chi connectivity index (χ2v) is 9.57. The number of amides is 3. The summed E-state index contributed by atoms with van der Waals surface area (Å²) in [5.41, 5.74) is 4.85. The number of hydrogen-bond donors (Lipinski definition) is 4. The molecule has 1 aliphatic heterocycles. The SMILES string of the molecule is CC(C)(C)OC(=O)NCC(=O)NCc1ccc(N/C(=C2\C(=O)Nc3ccccc32)c2ccccc2)cc1. The summed E-state index contributed by atoms with van der Waals surface area (Å²) in [4.78, 5) is 36.7. The lowest BCUT2D eigenvalue weighted by molar-refractivity contribution is -0.120. The van der Waals surface area contributed by atoms with Gasteiger partial charge in [0.05, 0.1) is 11.3 Å². The molecule has 0 aliphatic carbocycles. The number of anilines is 2. The van der Waals surface area contributed by atoms with Crippen molar-refractivity contribution >= 4 is 40.6 Å². The molecule has 0 aromatic heterocycles. The Kier molecular flexibility index (Phi) is 7.57. The molecule has 190 valence electrons. The lowest BCUT2D eigenvalue weighted by atomic mass is 10.00. The number of carbonyl (C=O) groups excluding carboxylic acids is 3. The van der Waals surface area contributed by atoms with Crippen LogP contribution in [0.3, 0.4) is 0 Å². The van der Waals surface area contributed by atoms with Crippen LogP contribution in [0.15, 0.2) is 78.9 Å². The minimum atomic E-state index is -0.639. The van der Waals surface area contributed by atoms with Gasteiger partial charge in [-0.1, -0.05) is 60.7 Å². The summed E-state index contributed by atoms with van der Waals surface area (Å²) in [5.74, 6) is -0.484. The molecular weight excluding hydrogens is 468 g/mol. The summed E-state index contributed by atoms with van der Waals surface area (Å²) >= 11 is 0. The second kappa shape index (κ2) is 11.0. The van der Waals surface area contributed by atoms with Crippen molar-refractivity contribution in [1.29, 1.82) is 0 Å². The molecule has 3 aromatic rings. The van der Waals surface area contributed by atoms with Crippen LogP contribution >= 0.6 is 0 Å². The van der Waals surface area contributed by atoms with Crippen molar-refractivity contribution in [3.8, 4) is 0 Å². The molecule has 1 heterocycles. The van der Waals surface area contributed by atoms with E-state index in [1.165, 1.54) is 0 Å². The quantitative estimate of drug-likeness (QED) is 0.351. The largest absolute Gasteiger partial charge is 0.444 e.